The zero-order chi connectivity index (χ0) is 14.1. The number of aromatic carboxylic acids is 1. The van der Waals surface area contributed by atoms with E-state index in [0.29, 0.717) is 11.1 Å². The van der Waals surface area contributed by atoms with E-state index >= 15 is 0 Å². The molecule has 5 nitrogen and oxygen atoms in total. The summed E-state index contributed by atoms with van der Waals surface area (Å²) in [6, 6.07) is 12.8. The highest BCUT2D eigenvalue weighted by molar-refractivity contribution is 5.95. The van der Waals surface area contributed by atoms with Gasteiger partial charge in [-0.15, -0.1) is 0 Å². The molecule has 1 aromatic carbocycles. The number of carboxylic acids is 1. The van der Waals surface area contributed by atoms with Gasteiger partial charge in [-0.05, 0) is 24.3 Å². The van der Waals surface area contributed by atoms with Crippen molar-refractivity contribution in [2.45, 2.75) is 0 Å². The number of fused-ring (bicyclic) bond motifs is 1. The van der Waals surface area contributed by atoms with Crippen molar-refractivity contribution in [3.05, 3.63) is 54.4 Å². The highest BCUT2D eigenvalue weighted by atomic mass is 16.4. The molecule has 0 fully saturated rings. The maximum absolute atomic E-state index is 11.3. The predicted octanol–water partition coefficient (Wildman–Crippen LogP) is 2.58. The average molecular weight is 265 g/mol. The SMILES string of the molecule is Nc1ccc(-c2cnc3ccccc3c2)c(C(=O)O)n1. The molecule has 2 aromatic heterocycles. The third-order valence-corrected chi connectivity index (χ3v) is 3.02. The summed E-state index contributed by atoms with van der Waals surface area (Å²) in [5.74, 6) is -0.930. The van der Waals surface area contributed by atoms with Gasteiger partial charge in [0, 0.05) is 22.7 Å². The van der Waals surface area contributed by atoms with Crippen LogP contribution in [0.1, 0.15) is 10.5 Å². The van der Waals surface area contributed by atoms with Gasteiger partial charge >= 0.3 is 5.97 Å². The molecule has 3 aromatic rings. The molecule has 20 heavy (non-hydrogen) atoms. The monoisotopic (exact) mass is 265 g/mol. The van der Waals surface area contributed by atoms with Crippen LogP contribution >= 0.6 is 0 Å². The lowest BCUT2D eigenvalue weighted by Gasteiger charge is -2.07. The maximum atomic E-state index is 11.3. The van der Waals surface area contributed by atoms with Crippen LogP contribution < -0.4 is 5.73 Å². The van der Waals surface area contributed by atoms with E-state index in [-0.39, 0.29) is 11.5 Å². The third-order valence-electron chi connectivity index (χ3n) is 3.02. The Morgan fingerprint density at radius 2 is 1.95 bits per heavy atom. The molecule has 0 saturated carbocycles. The van der Waals surface area contributed by atoms with Crippen molar-refractivity contribution in [1.82, 2.24) is 9.97 Å². The average Bonchev–Trinajstić information content (AvgIpc) is 2.46. The Bertz CT molecular complexity index is 815. The second kappa shape index (κ2) is 4.62. The molecule has 0 aliphatic carbocycles. The smallest absolute Gasteiger partial charge is 0.355 e. The molecule has 0 aliphatic rings. The van der Waals surface area contributed by atoms with Crippen LogP contribution in [0.4, 0.5) is 5.82 Å². The zero-order valence-corrected chi connectivity index (χ0v) is 10.4. The van der Waals surface area contributed by atoms with Crippen LogP contribution in [0, 0.1) is 0 Å². The molecule has 0 atom stereocenters. The van der Waals surface area contributed by atoms with Crippen LogP contribution in [-0.2, 0) is 0 Å². The highest BCUT2D eigenvalue weighted by Crippen LogP contribution is 2.25. The van der Waals surface area contributed by atoms with Crippen LogP contribution in [0.25, 0.3) is 22.0 Å². The van der Waals surface area contributed by atoms with Crippen LogP contribution in [0.5, 0.6) is 0 Å². The van der Waals surface area contributed by atoms with Gasteiger partial charge in [0.1, 0.15) is 5.82 Å². The first kappa shape index (κ1) is 12.1. The Kier molecular flexibility index (Phi) is 2.80. The van der Waals surface area contributed by atoms with Crippen molar-refractivity contribution in [1.29, 1.82) is 0 Å². The molecule has 0 spiro atoms. The lowest BCUT2D eigenvalue weighted by Crippen LogP contribution is -2.05. The molecule has 0 radical (unpaired) electrons. The molecule has 5 heteroatoms. The summed E-state index contributed by atoms with van der Waals surface area (Å²) in [6.07, 6.45) is 1.64. The number of para-hydroxylation sites is 1. The zero-order valence-electron chi connectivity index (χ0n) is 10.4. The molecule has 0 bridgehead atoms. The van der Waals surface area contributed by atoms with Gasteiger partial charge in [0.2, 0.25) is 0 Å². The number of hydrogen-bond acceptors (Lipinski definition) is 4. The maximum Gasteiger partial charge on any atom is 0.355 e. The first-order chi connectivity index (χ1) is 9.65. The fraction of sp³-hybridized carbons (Fsp3) is 0. The Labute approximate surface area is 114 Å². The molecule has 0 aliphatic heterocycles. The lowest BCUT2D eigenvalue weighted by molar-refractivity contribution is 0.0691. The molecule has 2 heterocycles. The Balaban J connectivity index is 2.22. The van der Waals surface area contributed by atoms with Gasteiger partial charge in [-0.1, -0.05) is 18.2 Å². The van der Waals surface area contributed by atoms with E-state index in [1.165, 1.54) is 0 Å². The van der Waals surface area contributed by atoms with Gasteiger partial charge in [-0.2, -0.15) is 0 Å². The van der Waals surface area contributed by atoms with Crippen molar-refractivity contribution in [2.75, 3.05) is 5.73 Å². The van der Waals surface area contributed by atoms with Crippen molar-refractivity contribution in [3.8, 4) is 11.1 Å². The van der Waals surface area contributed by atoms with Crippen molar-refractivity contribution in [3.63, 3.8) is 0 Å². The largest absolute Gasteiger partial charge is 0.476 e. The summed E-state index contributed by atoms with van der Waals surface area (Å²) in [6.45, 7) is 0. The number of carbonyl (C=O) groups is 1. The third kappa shape index (κ3) is 2.05. The number of nitrogens with zero attached hydrogens (tertiary/aromatic N) is 2. The number of nitrogens with two attached hydrogens (primary N) is 1. The number of pyridine rings is 2. The number of hydrogen-bond donors (Lipinski definition) is 2. The summed E-state index contributed by atoms with van der Waals surface area (Å²) in [7, 11) is 0. The van der Waals surface area contributed by atoms with Crippen molar-refractivity contribution >= 4 is 22.7 Å². The molecule has 98 valence electrons. The van der Waals surface area contributed by atoms with E-state index in [2.05, 4.69) is 9.97 Å². The molecule has 0 saturated heterocycles. The van der Waals surface area contributed by atoms with Gasteiger partial charge in [0.15, 0.2) is 5.69 Å². The fourth-order valence-corrected chi connectivity index (χ4v) is 2.09. The molecule has 0 amide bonds. The minimum absolute atomic E-state index is 0.0675. The Hall–Kier alpha value is -2.95. The number of nitrogen functional groups attached to an aromatic ring is 1. The number of anilines is 1. The summed E-state index contributed by atoms with van der Waals surface area (Å²) in [5.41, 5.74) is 7.54. The Morgan fingerprint density at radius 1 is 1.15 bits per heavy atom. The standard InChI is InChI=1S/C15H11N3O2/c16-13-6-5-11(14(18-13)15(19)20)10-7-9-3-1-2-4-12(9)17-8-10/h1-8H,(H2,16,18)(H,19,20). The second-order valence-corrected chi connectivity index (χ2v) is 4.35. The van der Waals surface area contributed by atoms with Crippen LogP contribution in [0.15, 0.2) is 48.7 Å². The molecule has 3 rings (SSSR count). The van der Waals surface area contributed by atoms with E-state index < -0.39 is 5.97 Å². The summed E-state index contributed by atoms with van der Waals surface area (Å²) >= 11 is 0. The van der Waals surface area contributed by atoms with E-state index in [1.807, 2.05) is 30.3 Å². The van der Waals surface area contributed by atoms with E-state index in [4.69, 9.17) is 5.73 Å². The second-order valence-electron chi connectivity index (χ2n) is 4.35. The number of benzene rings is 1. The summed E-state index contributed by atoms with van der Waals surface area (Å²) < 4.78 is 0. The number of aromatic nitrogens is 2. The first-order valence-corrected chi connectivity index (χ1v) is 6.00. The minimum atomic E-state index is -1.11. The van der Waals surface area contributed by atoms with Crippen LogP contribution in [0.2, 0.25) is 0 Å². The first-order valence-electron chi connectivity index (χ1n) is 6.00. The fourth-order valence-electron chi connectivity index (χ4n) is 2.09. The quantitative estimate of drug-likeness (QED) is 0.743. The van der Waals surface area contributed by atoms with Crippen molar-refractivity contribution in [2.24, 2.45) is 0 Å². The lowest BCUT2D eigenvalue weighted by atomic mass is 10.0. The van der Waals surface area contributed by atoms with Gasteiger partial charge in [-0.25, -0.2) is 9.78 Å². The highest BCUT2D eigenvalue weighted by Gasteiger charge is 2.14. The number of carboxylic acid groups (broad SMARTS) is 1. The van der Waals surface area contributed by atoms with Crippen LogP contribution in [-0.4, -0.2) is 21.0 Å². The molecular weight excluding hydrogens is 254 g/mol. The predicted molar refractivity (Wildman–Crippen MR) is 76.3 cm³/mol. The summed E-state index contributed by atoms with van der Waals surface area (Å²) in [5, 5.41) is 10.2. The minimum Gasteiger partial charge on any atom is -0.476 e. The van der Waals surface area contributed by atoms with Gasteiger partial charge in [0.25, 0.3) is 0 Å². The molecular formula is C15H11N3O2. The molecule has 3 N–H and O–H groups in total. The summed E-state index contributed by atoms with van der Waals surface area (Å²) in [4.78, 5) is 19.5. The van der Waals surface area contributed by atoms with E-state index in [0.717, 1.165) is 10.9 Å². The van der Waals surface area contributed by atoms with Gasteiger partial charge in [-0.3, -0.25) is 4.98 Å². The Morgan fingerprint density at radius 3 is 2.75 bits per heavy atom. The normalized spacial score (nSPS) is 10.6. The van der Waals surface area contributed by atoms with Crippen molar-refractivity contribution < 1.29 is 9.90 Å². The van der Waals surface area contributed by atoms with Gasteiger partial charge in [0.05, 0.1) is 5.52 Å². The van der Waals surface area contributed by atoms with E-state index in [1.54, 1.807) is 18.3 Å². The molecule has 0 unspecified atom stereocenters. The van der Waals surface area contributed by atoms with E-state index in [9.17, 15) is 9.90 Å². The number of rotatable bonds is 2. The topological polar surface area (TPSA) is 89.1 Å². The van der Waals surface area contributed by atoms with Crippen LogP contribution in [0.3, 0.4) is 0 Å². The van der Waals surface area contributed by atoms with Gasteiger partial charge < -0.3 is 10.8 Å².